The predicted octanol–water partition coefficient (Wildman–Crippen LogP) is 3.15. The minimum Gasteiger partial charge on any atom is -0.497 e. The average Bonchev–Trinajstić information content (AvgIpc) is 2.92. The normalized spacial score (nSPS) is 12.3. The Hall–Kier alpha value is -1.81. The lowest BCUT2D eigenvalue weighted by molar-refractivity contribution is 0.413. The molecule has 0 fully saturated rings. The van der Waals surface area contributed by atoms with E-state index in [0.717, 1.165) is 25.3 Å². The van der Waals surface area contributed by atoms with Crippen LogP contribution in [0.15, 0.2) is 36.8 Å². The molecular formula is C16H23N3O. The predicted molar refractivity (Wildman–Crippen MR) is 80.8 cm³/mol. The average molecular weight is 273 g/mol. The lowest BCUT2D eigenvalue weighted by Gasteiger charge is -2.16. The molecule has 0 aliphatic rings. The van der Waals surface area contributed by atoms with Crippen molar-refractivity contribution < 1.29 is 4.74 Å². The van der Waals surface area contributed by atoms with Gasteiger partial charge in [-0.1, -0.05) is 19.1 Å². The Labute approximate surface area is 120 Å². The highest BCUT2D eigenvalue weighted by molar-refractivity contribution is 5.30. The summed E-state index contributed by atoms with van der Waals surface area (Å²) >= 11 is 0. The second kappa shape index (κ2) is 7.10. The maximum atomic E-state index is 5.26. The molecule has 4 heteroatoms. The molecule has 2 rings (SSSR count). The van der Waals surface area contributed by atoms with Crippen LogP contribution in [0.3, 0.4) is 0 Å². The monoisotopic (exact) mass is 273 g/mol. The molecule has 0 amide bonds. The molecule has 4 nitrogen and oxygen atoms in total. The summed E-state index contributed by atoms with van der Waals surface area (Å²) in [6.07, 6.45) is 4.95. The summed E-state index contributed by atoms with van der Waals surface area (Å²) in [6, 6.07) is 8.44. The fourth-order valence-electron chi connectivity index (χ4n) is 2.22. The van der Waals surface area contributed by atoms with Crippen molar-refractivity contribution in [3.8, 4) is 5.75 Å². The Kier molecular flexibility index (Phi) is 5.18. The minimum atomic E-state index is 0.273. The van der Waals surface area contributed by atoms with Crippen LogP contribution in [-0.4, -0.2) is 16.7 Å². The number of imidazole rings is 1. The van der Waals surface area contributed by atoms with Gasteiger partial charge in [0.25, 0.3) is 0 Å². The van der Waals surface area contributed by atoms with Crippen molar-refractivity contribution in [1.82, 2.24) is 14.9 Å². The van der Waals surface area contributed by atoms with Gasteiger partial charge in [-0.05, 0) is 31.0 Å². The van der Waals surface area contributed by atoms with Crippen LogP contribution in [0.4, 0.5) is 0 Å². The Morgan fingerprint density at radius 1 is 1.40 bits per heavy atom. The maximum absolute atomic E-state index is 5.26. The molecule has 0 spiro atoms. The number of nitrogens with zero attached hydrogens (tertiary/aromatic N) is 2. The summed E-state index contributed by atoms with van der Waals surface area (Å²) < 4.78 is 7.46. The highest BCUT2D eigenvalue weighted by Crippen LogP contribution is 2.19. The van der Waals surface area contributed by atoms with Gasteiger partial charge in [-0.25, -0.2) is 4.98 Å². The third kappa shape index (κ3) is 3.61. The second-order valence-electron chi connectivity index (χ2n) is 4.96. The third-order valence-corrected chi connectivity index (χ3v) is 3.45. The van der Waals surface area contributed by atoms with Crippen molar-refractivity contribution in [3.05, 3.63) is 48.0 Å². The van der Waals surface area contributed by atoms with Gasteiger partial charge in [0.15, 0.2) is 0 Å². The Morgan fingerprint density at radius 3 is 3.00 bits per heavy atom. The lowest BCUT2D eigenvalue weighted by atomic mass is 10.1. The summed E-state index contributed by atoms with van der Waals surface area (Å²) in [6.45, 7) is 6.17. The Morgan fingerprint density at radius 2 is 2.25 bits per heavy atom. The summed E-state index contributed by atoms with van der Waals surface area (Å²) in [5, 5.41) is 3.54. The molecule has 0 aliphatic heterocycles. The zero-order valence-electron chi connectivity index (χ0n) is 12.5. The van der Waals surface area contributed by atoms with E-state index in [0.29, 0.717) is 0 Å². The van der Waals surface area contributed by atoms with Gasteiger partial charge in [0.2, 0.25) is 0 Å². The molecule has 1 atom stereocenters. The molecule has 0 saturated heterocycles. The zero-order chi connectivity index (χ0) is 14.4. The molecule has 1 aromatic carbocycles. The number of ether oxygens (including phenoxy) is 1. The van der Waals surface area contributed by atoms with E-state index in [9.17, 15) is 0 Å². The summed E-state index contributed by atoms with van der Waals surface area (Å²) in [5.74, 6) is 0.896. The first kappa shape index (κ1) is 14.6. The van der Waals surface area contributed by atoms with Crippen molar-refractivity contribution in [2.24, 2.45) is 0 Å². The van der Waals surface area contributed by atoms with E-state index in [1.54, 1.807) is 7.11 Å². The summed E-state index contributed by atoms with van der Waals surface area (Å²) in [4.78, 5) is 4.22. The SMILES string of the molecule is CCCn1cncc1CNC(C)c1cccc(OC)c1. The van der Waals surface area contributed by atoms with Crippen LogP contribution in [0, 0.1) is 0 Å². The number of benzene rings is 1. The van der Waals surface area contributed by atoms with Gasteiger partial charge in [0.05, 0.1) is 19.1 Å². The van der Waals surface area contributed by atoms with Crippen LogP contribution in [0.5, 0.6) is 5.75 Å². The standard InChI is InChI=1S/C16H23N3O/c1-4-8-19-12-17-10-15(19)11-18-13(2)14-6-5-7-16(9-14)20-3/h5-7,9-10,12-13,18H,4,8,11H2,1-3H3. The van der Waals surface area contributed by atoms with Crippen molar-refractivity contribution in [2.75, 3.05) is 7.11 Å². The van der Waals surface area contributed by atoms with E-state index < -0.39 is 0 Å². The zero-order valence-corrected chi connectivity index (χ0v) is 12.5. The van der Waals surface area contributed by atoms with Crippen LogP contribution in [-0.2, 0) is 13.1 Å². The van der Waals surface area contributed by atoms with Crippen molar-refractivity contribution in [2.45, 2.75) is 39.4 Å². The third-order valence-electron chi connectivity index (χ3n) is 3.45. The van der Waals surface area contributed by atoms with Crippen LogP contribution < -0.4 is 10.1 Å². The van der Waals surface area contributed by atoms with Gasteiger partial charge in [-0.2, -0.15) is 0 Å². The molecule has 0 bridgehead atoms. The van der Waals surface area contributed by atoms with E-state index in [1.165, 1.54) is 11.3 Å². The molecule has 108 valence electrons. The lowest BCUT2D eigenvalue weighted by Crippen LogP contribution is -2.20. The molecule has 20 heavy (non-hydrogen) atoms. The number of aromatic nitrogens is 2. The maximum Gasteiger partial charge on any atom is 0.119 e. The molecule has 0 aliphatic carbocycles. The van der Waals surface area contributed by atoms with Gasteiger partial charge in [-0.3, -0.25) is 0 Å². The largest absolute Gasteiger partial charge is 0.497 e. The number of aryl methyl sites for hydroxylation is 1. The molecule has 1 aromatic heterocycles. The van der Waals surface area contributed by atoms with E-state index >= 15 is 0 Å². The summed E-state index contributed by atoms with van der Waals surface area (Å²) in [7, 11) is 1.69. The first-order valence-corrected chi connectivity index (χ1v) is 7.11. The van der Waals surface area contributed by atoms with Crippen molar-refractivity contribution >= 4 is 0 Å². The van der Waals surface area contributed by atoms with Crippen molar-refractivity contribution in [1.29, 1.82) is 0 Å². The van der Waals surface area contributed by atoms with Gasteiger partial charge in [0.1, 0.15) is 5.75 Å². The van der Waals surface area contributed by atoms with Gasteiger partial charge >= 0.3 is 0 Å². The molecule has 1 N–H and O–H groups in total. The van der Waals surface area contributed by atoms with E-state index in [-0.39, 0.29) is 6.04 Å². The summed E-state index contributed by atoms with van der Waals surface area (Å²) in [5.41, 5.74) is 2.45. The molecule has 1 unspecified atom stereocenters. The first-order chi connectivity index (χ1) is 9.74. The van der Waals surface area contributed by atoms with Crippen LogP contribution in [0.2, 0.25) is 0 Å². The molecule has 2 aromatic rings. The molecule has 0 radical (unpaired) electrons. The van der Waals surface area contributed by atoms with E-state index in [4.69, 9.17) is 4.74 Å². The minimum absolute atomic E-state index is 0.273. The van der Waals surface area contributed by atoms with Crippen LogP contribution in [0.1, 0.15) is 37.6 Å². The number of hydrogen-bond donors (Lipinski definition) is 1. The second-order valence-corrected chi connectivity index (χ2v) is 4.96. The Bertz CT molecular complexity index is 536. The topological polar surface area (TPSA) is 39.1 Å². The highest BCUT2D eigenvalue weighted by atomic mass is 16.5. The highest BCUT2D eigenvalue weighted by Gasteiger charge is 2.07. The Balaban J connectivity index is 1.97. The number of methoxy groups -OCH3 is 1. The van der Waals surface area contributed by atoms with Crippen molar-refractivity contribution in [3.63, 3.8) is 0 Å². The van der Waals surface area contributed by atoms with E-state index in [1.807, 2.05) is 24.7 Å². The molecular weight excluding hydrogens is 250 g/mol. The fourth-order valence-corrected chi connectivity index (χ4v) is 2.22. The molecule has 0 saturated carbocycles. The van der Waals surface area contributed by atoms with Crippen LogP contribution >= 0.6 is 0 Å². The van der Waals surface area contributed by atoms with Gasteiger partial charge in [-0.15, -0.1) is 0 Å². The first-order valence-electron chi connectivity index (χ1n) is 7.11. The fraction of sp³-hybridized carbons (Fsp3) is 0.438. The smallest absolute Gasteiger partial charge is 0.119 e. The number of hydrogen-bond acceptors (Lipinski definition) is 3. The number of nitrogens with one attached hydrogen (secondary N) is 1. The number of rotatable bonds is 7. The van der Waals surface area contributed by atoms with Gasteiger partial charge in [0, 0.05) is 25.3 Å². The molecule has 1 heterocycles. The van der Waals surface area contributed by atoms with Crippen LogP contribution in [0.25, 0.3) is 0 Å². The van der Waals surface area contributed by atoms with E-state index in [2.05, 4.69) is 40.8 Å². The van der Waals surface area contributed by atoms with Gasteiger partial charge < -0.3 is 14.6 Å². The quantitative estimate of drug-likeness (QED) is 0.842.